The van der Waals surface area contributed by atoms with E-state index in [9.17, 15) is 4.79 Å². The summed E-state index contributed by atoms with van der Waals surface area (Å²) < 4.78 is 5.43. The lowest BCUT2D eigenvalue weighted by Crippen LogP contribution is -2.08. The van der Waals surface area contributed by atoms with Crippen LogP contribution in [0.15, 0.2) is 72.8 Å². The average molecular weight is 365 g/mol. The normalized spacial score (nSPS) is 10.7. The van der Waals surface area contributed by atoms with Gasteiger partial charge in [0.2, 0.25) is 0 Å². The maximum Gasteiger partial charge on any atom is 0.343 e. The van der Waals surface area contributed by atoms with Crippen molar-refractivity contribution in [3.05, 3.63) is 89.5 Å². The fourth-order valence-corrected chi connectivity index (χ4v) is 3.46. The summed E-state index contributed by atoms with van der Waals surface area (Å²) in [5.41, 5.74) is 2.37. The van der Waals surface area contributed by atoms with E-state index in [2.05, 4.69) is 31.2 Å². The van der Waals surface area contributed by atoms with Crippen molar-refractivity contribution < 1.29 is 9.53 Å². The molecule has 4 rings (SSSR count). The molecule has 0 aliphatic heterocycles. The third-order valence-corrected chi connectivity index (χ3v) is 4.87. The summed E-state index contributed by atoms with van der Waals surface area (Å²) in [6.07, 6.45) is 2.21. The molecule has 4 aromatic rings. The first-order chi connectivity index (χ1) is 13.7. The van der Waals surface area contributed by atoms with Gasteiger partial charge in [-0.1, -0.05) is 49.7 Å². The second kappa shape index (κ2) is 7.54. The van der Waals surface area contributed by atoms with Crippen LogP contribution < -0.4 is 4.74 Å². The van der Waals surface area contributed by atoms with E-state index in [0.29, 0.717) is 16.9 Å². The van der Waals surface area contributed by atoms with Crippen molar-refractivity contribution in [3.8, 4) is 11.8 Å². The third kappa shape index (κ3) is 3.45. The van der Waals surface area contributed by atoms with Gasteiger partial charge in [0, 0.05) is 0 Å². The molecular weight excluding hydrogens is 346 g/mol. The van der Waals surface area contributed by atoms with E-state index >= 15 is 0 Å². The van der Waals surface area contributed by atoms with E-state index in [1.807, 2.05) is 24.3 Å². The number of nitrogens with zero attached hydrogens (tertiary/aromatic N) is 1. The van der Waals surface area contributed by atoms with Crippen molar-refractivity contribution in [2.24, 2.45) is 0 Å². The van der Waals surface area contributed by atoms with Gasteiger partial charge in [-0.2, -0.15) is 5.26 Å². The van der Waals surface area contributed by atoms with Crippen molar-refractivity contribution in [1.82, 2.24) is 0 Å². The zero-order chi connectivity index (χ0) is 19.5. The van der Waals surface area contributed by atoms with Gasteiger partial charge >= 0.3 is 5.97 Å². The van der Waals surface area contributed by atoms with Crippen LogP contribution in [0.5, 0.6) is 5.75 Å². The van der Waals surface area contributed by atoms with Crippen LogP contribution in [-0.4, -0.2) is 5.97 Å². The molecule has 0 heterocycles. The Balaban J connectivity index is 1.65. The lowest BCUT2D eigenvalue weighted by atomic mass is 9.97. The molecule has 28 heavy (non-hydrogen) atoms. The number of hydrogen-bond acceptors (Lipinski definition) is 3. The molecule has 3 nitrogen and oxygen atoms in total. The highest BCUT2D eigenvalue weighted by Crippen LogP contribution is 2.28. The molecule has 0 aromatic heterocycles. The maximum atomic E-state index is 12.5. The highest BCUT2D eigenvalue weighted by Gasteiger charge is 2.11. The second-order valence-electron chi connectivity index (χ2n) is 6.83. The van der Waals surface area contributed by atoms with E-state index < -0.39 is 5.97 Å². The van der Waals surface area contributed by atoms with Crippen molar-refractivity contribution in [2.75, 3.05) is 0 Å². The van der Waals surface area contributed by atoms with Gasteiger partial charge in [0.15, 0.2) is 0 Å². The van der Waals surface area contributed by atoms with Crippen LogP contribution in [-0.2, 0) is 6.42 Å². The Kier molecular flexibility index (Phi) is 4.78. The van der Waals surface area contributed by atoms with E-state index in [1.165, 1.54) is 16.3 Å². The summed E-state index contributed by atoms with van der Waals surface area (Å²) in [5.74, 6) is 0.0102. The van der Waals surface area contributed by atoms with Crippen LogP contribution in [0.1, 0.15) is 34.8 Å². The highest BCUT2D eigenvalue weighted by molar-refractivity contribution is 6.09. The fraction of sp³-hybridized carbons (Fsp3) is 0.120. The van der Waals surface area contributed by atoms with E-state index in [1.54, 1.807) is 30.3 Å². The fourth-order valence-electron chi connectivity index (χ4n) is 3.46. The summed E-state index contributed by atoms with van der Waals surface area (Å²) in [5, 5.41) is 13.4. The molecular formula is C25H19NO2. The number of aryl methyl sites for hydroxylation is 1. The van der Waals surface area contributed by atoms with Crippen molar-refractivity contribution in [2.45, 2.75) is 19.8 Å². The quantitative estimate of drug-likeness (QED) is 0.252. The first kappa shape index (κ1) is 17.8. The number of nitriles is 1. The van der Waals surface area contributed by atoms with Gasteiger partial charge in [0.1, 0.15) is 5.75 Å². The highest BCUT2D eigenvalue weighted by atomic mass is 16.5. The Morgan fingerprint density at radius 3 is 2.25 bits per heavy atom. The maximum absolute atomic E-state index is 12.5. The number of benzene rings is 4. The van der Waals surface area contributed by atoms with Crippen LogP contribution in [0.4, 0.5) is 0 Å². The summed E-state index contributed by atoms with van der Waals surface area (Å²) in [6, 6.07) is 24.9. The van der Waals surface area contributed by atoms with Crippen molar-refractivity contribution in [1.29, 1.82) is 5.26 Å². The average Bonchev–Trinajstić information content (AvgIpc) is 2.74. The first-order valence-electron chi connectivity index (χ1n) is 9.35. The Hall–Kier alpha value is -3.64. The van der Waals surface area contributed by atoms with Crippen LogP contribution in [0.25, 0.3) is 21.5 Å². The number of hydrogen-bond donors (Lipinski definition) is 0. The van der Waals surface area contributed by atoms with Crippen LogP contribution in [0.3, 0.4) is 0 Å². The summed E-state index contributed by atoms with van der Waals surface area (Å²) in [4.78, 5) is 12.5. The van der Waals surface area contributed by atoms with Crippen LogP contribution >= 0.6 is 0 Å². The smallest absolute Gasteiger partial charge is 0.343 e. The number of rotatable bonds is 4. The molecule has 0 aliphatic rings. The standard InChI is InChI=1S/C25H19NO2/c1-2-3-17-6-12-23-19(14-17)7-8-20-15-21(9-13-24(20)23)25(27)28-22-10-4-18(16-26)5-11-22/h4-15H,2-3H2,1H3. The second-order valence-corrected chi connectivity index (χ2v) is 6.83. The van der Waals surface area contributed by atoms with Gasteiger partial charge in [0.05, 0.1) is 17.2 Å². The zero-order valence-corrected chi connectivity index (χ0v) is 15.6. The first-order valence-corrected chi connectivity index (χ1v) is 9.35. The van der Waals surface area contributed by atoms with Gasteiger partial charge in [-0.3, -0.25) is 0 Å². The molecule has 0 amide bonds. The number of esters is 1. The summed E-state index contributed by atoms with van der Waals surface area (Å²) >= 11 is 0. The van der Waals surface area contributed by atoms with Gasteiger partial charge < -0.3 is 4.74 Å². The van der Waals surface area contributed by atoms with E-state index in [-0.39, 0.29) is 0 Å². The molecule has 0 aliphatic carbocycles. The SMILES string of the molecule is CCCc1ccc2c(ccc3cc(C(=O)Oc4ccc(C#N)cc4)ccc32)c1. The number of fused-ring (bicyclic) bond motifs is 3. The van der Waals surface area contributed by atoms with E-state index in [4.69, 9.17) is 10.00 Å². The molecule has 0 atom stereocenters. The molecule has 3 heteroatoms. The Morgan fingerprint density at radius 1 is 0.893 bits per heavy atom. The number of ether oxygens (including phenoxy) is 1. The lowest BCUT2D eigenvalue weighted by Gasteiger charge is -2.09. The van der Waals surface area contributed by atoms with Crippen molar-refractivity contribution in [3.63, 3.8) is 0 Å². The molecule has 0 unspecified atom stereocenters. The predicted octanol–water partition coefficient (Wildman–Crippen LogP) is 6.04. The molecule has 4 aromatic carbocycles. The molecule has 0 spiro atoms. The predicted molar refractivity (Wildman–Crippen MR) is 112 cm³/mol. The van der Waals surface area contributed by atoms with Gasteiger partial charge in [-0.15, -0.1) is 0 Å². The van der Waals surface area contributed by atoms with Crippen molar-refractivity contribution >= 4 is 27.5 Å². The Labute approximate surface area is 163 Å². The Bertz CT molecular complexity index is 1220. The molecule has 0 N–H and O–H groups in total. The van der Waals surface area contributed by atoms with Gasteiger partial charge in [0.25, 0.3) is 0 Å². The van der Waals surface area contributed by atoms with Gasteiger partial charge in [-0.25, -0.2) is 4.79 Å². The summed E-state index contributed by atoms with van der Waals surface area (Å²) in [6.45, 7) is 2.18. The van der Waals surface area contributed by atoms with E-state index in [0.717, 1.165) is 23.6 Å². The largest absolute Gasteiger partial charge is 0.423 e. The van der Waals surface area contributed by atoms with Crippen LogP contribution in [0, 0.1) is 11.3 Å². The molecule has 136 valence electrons. The zero-order valence-electron chi connectivity index (χ0n) is 15.6. The van der Waals surface area contributed by atoms with Crippen LogP contribution in [0.2, 0.25) is 0 Å². The number of carbonyl (C=O) groups is 1. The molecule has 0 saturated heterocycles. The summed E-state index contributed by atoms with van der Waals surface area (Å²) in [7, 11) is 0. The van der Waals surface area contributed by atoms with Gasteiger partial charge in [-0.05, 0) is 69.9 Å². The topological polar surface area (TPSA) is 50.1 Å². The molecule has 0 saturated carbocycles. The Morgan fingerprint density at radius 2 is 1.57 bits per heavy atom. The lowest BCUT2D eigenvalue weighted by molar-refractivity contribution is 0.0735. The minimum absolute atomic E-state index is 0.412. The minimum atomic E-state index is -0.412. The molecule has 0 bridgehead atoms. The monoisotopic (exact) mass is 365 g/mol. The molecule has 0 radical (unpaired) electrons. The number of carbonyl (C=O) groups excluding carboxylic acids is 1. The molecule has 0 fully saturated rings. The third-order valence-electron chi connectivity index (χ3n) is 4.87. The minimum Gasteiger partial charge on any atom is -0.423 e.